The molecule has 3 N–H and O–H groups in total. The Kier molecular flexibility index (Phi) is 5.18. The van der Waals surface area contributed by atoms with Crippen LogP contribution in [0.2, 0.25) is 0 Å². The molecule has 0 heterocycles. The van der Waals surface area contributed by atoms with Gasteiger partial charge in [-0.25, -0.2) is 4.79 Å². The molecule has 6 heteroatoms. The van der Waals surface area contributed by atoms with E-state index >= 15 is 0 Å². The van der Waals surface area contributed by atoms with Crippen LogP contribution < -0.4 is 15.8 Å². The van der Waals surface area contributed by atoms with Crippen LogP contribution in [0.25, 0.3) is 0 Å². The van der Waals surface area contributed by atoms with E-state index in [0.29, 0.717) is 11.4 Å². The lowest BCUT2D eigenvalue weighted by atomic mass is 10.2. The van der Waals surface area contributed by atoms with Gasteiger partial charge in [0.1, 0.15) is 11.4 Å². The van der Waals surface area contributed by atoms with Gasteiger partial charge in [-0.2, -0.15) is 0 Å². The fourth-order valence-corrected chi connectivity index (χ4v) is 1.53. The van der Waals surface area contributed by atoms with Gasteiger partial charge < -0.3 is 15.2 Å². The fourth-order valence-electron chi connectivity index (χ4n) is 1.53. The molecule has 21 heavy (non-hydrogen) atoms. The maximum absolute atomic E-state index is 11.7. The minimum Gasteiger partial charge on any atom is -0.481 e. The van der Waals surface area contributed by atoms with E-state index in [2.05, 4.69) is 5.32 Å². The van der Waals surface area contributed by atoms with Gasteiger partial charge in [0.15, 0.2) is 6.10 Å². The van der Waals surface area contributed by atoms with Crippen molar-refractivity contribution in [3.05, 3.63) is 23.8 Å². The first-order chi connectivity index (χ1) is 9.58. The number of nitrogens with one attached hydrogen (secondary N) is 1. The molecule has 0 aliphatic rings. The summed E-state index contributed by atoms with van der Waals surface area (Å²) in [5, 5.41) is 2.66. The van der Waals surface area contributed by atoms with E-state index < -0.39 is 23.7 Å². The zero-order valence-corrected chi connectivity index (χ0v) is 13.0. The Bertz CT molecular complexity index is 535. The van der Waals surface area contributed by atoms with Crippen molar-refractivity contribution in [2.45, 2.75) is 46.3 Å². The molecule has 0 saturated heterocycles. The Hall–Kier alpha value is -2.24. The molecule has 2 amide bonds. The van der Waals surface area contributed by atoms with Gasteiger partial charge in [-0.1, -0.05) is 0 Å². The molecule has 1 aromatic carbocycles. The summed E-state index contributed by atoms with van der Waals surface area (Å²) in [6.45, 7) is 8.77. The lowest BCUT2D eigenvalue weighted by molar-refractivity contribution is -0.123. The van der Waals surface area contributed by atoms with Crippen molar-refractivity contribution < 1.29 is 19.1 Å². The first-order valence-electron chi connectivity index (χ1n) is 6.65. The molecule has 1 rings (SSSR count). The highest BCUT2D eigenvalue weighted by Gasteiger charge is 2.17. The number of hydrogen-bond acceptors (Lipinski definition) is 4. The average Bonchev–Trinajstić information content (AvgIpc) is 2.30. The molecular formula is C15H22N2O4. The highest BCUT2D eigenvalue weighted by Crippen LogP contribution is 2.23. The minimum absolute atomic E-state index is 0.508. The van der Waals surface area contributed by atoms with Crippen molar-refractivity contribution in [3.63, 3.8) is 0 Å². The second kappa shape index (κ2) is 6.47. The summed E-state index contributed by atoms with van der Waals surface area (Å²) in [7, 11) is 0. The summed E-state index contributed by atoms with van der Waals surface area (Å²) in [6.07, 6.45) is -1.24. The summed E-state index contributed by atoms with van der Waals surface area (Å²) < 4.78 is 10.6. The first kappa shape index (κ1) is 16.8. The summed E-state index contributed by atoms with van der Waals surface area (Å²) in [5.41, 5.74) is 5.98. The third-order valence-electron chi connectivity index (χ3n) is 2.55. The van der Waals surface area contributed by atoms with Gasteiger partial charge in [-0.05, 0) is 58.4 Å². The number of nitrogens with two attached hydrogens (primary N) is 1. The van der Waals surface area contributed by atoms with Crippen molar-refractivity contribution in [1.29, 1.82) is 0 Å². The van der Waals surface area contributed by atoms with Crippen LogP contribution in [-0.2, 0) is 9.53 Å². The molecule has 6 nitrogen and oxygen atoms in total. The molecule has 0 aliphatic heterocycles. The van der Waals surface area contributed by atoms with Crippen LogP contribution in [0.5, 0.6) is 5.75 Å². The molecule has 0 aromatic heterocycles. The van der Waals surface area contributed by atoms with Crippen LogP contribution in [0.4, 0.5) is 10.5 Å². The van der Waals surface area contributed by atoms with E-state index in [1.165, 1.54) is 0 Å². The van der Waals surface area contributed by atoms with E-state index in [4.69, 9.17) is 15.2 Å². The number of benzene rings is 1. The fraction of sp³-hybridized carbons (Fsp3) is 0.467. The van der Waals surface area contributed by atoms with E-state index in [-0.39, 0.29) is 0 Å². The molecule has 116 valence electrons. The van der Waals surface area contributed by atoms with E-state index in [0.717, 1.165) is 5.56 Å². The van der Waals surface area contributed by atoms with Crippen LogP contribution >= 0.6 is 0 Å². The van der Waals surface area contributed by atoms with Crippen LogP contribution in [-0.4, -0.2) is 23.7 Å². The lowest BCUT2D eigenvalue weighted by Gasteiger charge is -2.20. The number of anilines is 1. The largest absolute Gasteiger partial charge is 0.481 e. The van der Waals surface area contributed by atoms with Gasteiger partial charge in [0.05, 0.1) is 0 Å². The Morgan fingerprint density at radius 2 is 1.90 bits per heavy atom. The van der Waals surface area contributed by atoms with Crippen molar-refractivity contribution >= 4 is 17.7 Å². The zero-order chi connectivity index (χ0) is 16.2. The normalized spacial score (nSPS) is 12.4. The van der Waals surface area contributed by atoms with E-state index in [9.17, 15) is 9.59 Å². The molecule has 0 aliphatic carbocycles. The molecule has 1 unspecified atom stereocenters. The molecule has 0 radical (unpaired) electrons. The number of primary amides is 1. The Morgan fingerprint density at radius 3 is 2.38 bits per heavy atom. The summed E-state index contributed by atoms with van der Waals surface area (Å²) in [5.74, 6) is -0.0304. The van der Waals surface area contributed by atoms with Crippen LogP contribution in [0.3, 0.4) is 0 Å². The molecule has 1 aromatic rings. The molecular weight excluding hydrogens is 272 g/mol. The van der Waals surface area contributed by atoms with Gasteiger partial charge in [-0.3, -0.25) is 10.1 Å². The second-order valence-corrected chi connectivity index (χ2v) is 5.77. The monoisotopic (exact) mass is 294 g/mol. The van der Waals surface area contributed by atoms with Gasteiger partial charge in [0.2, 0.25) is 0 Å². The predicted octanol–water partition coefficient (Wildman–Crippen LogP) is 2.59. The first-order valence-corrected chi connectivity index (χ1v) is 6.65. The number of amides is 2. The van der Waals surface area contributed by atoms with Crippen LogP contribution in [0, 0.1) is 6.92 Å². The van der Waals surface area contributed by atoms with Crippen LogP contribution in [0.1, 0.15) is 33.3 Å². The van der Waals surface area contributed by atoms with Crippen molar-refractivity contribution in [2.75, 3.05) is 5.32 Å². The van der Waals surface area contributed by atoms with Gasteiger partial charge in [0.25, 0.3) is 5.91 Å². The van der Waals surface area contributed by atoms with Crippen LogP contribution in [0.15, 0.2) is 18.2 Å². The maximum atomic E-state index is 11.7. The second-order valence-electron chi connectivity index (χ2n) is 5.77. The van der Waals surface area contributed by atoms with E-state index in [1.54, 1.807) is 45.9 Å². The molecule has 1 atom stereocenters. The Balaban J connectivity index is 2.75. The highest BCUT2D eigenvalue weighted by atomic mass is 16.6. The van der Waals surface area contributed by atoms with Gasteiger partial charge >= 0.3 is 6.09 Å². The van der Waals surface area contributed by atoms with Crippen molar-refractivity contribution in [1.82, 2.24) is 0 Å². The standard InChI is InChI=1S/C15H22N2O4/c1-9-8-11(20-10(2)13(16)18)6-7-12(9)17-14(19)21-15(3,4)5/h6-8,10H,1-5H3,(H2,16,18)(H,17,19). The molecule has 0 saturated carbocycles. The Morgan fingerprint density at radius 1 is 1.29 bits per heavy atom. The third-order valence-corrected chi connectivity index (χ3v) is 2.55. The smallest absolute Gasteiger partial charge is 0.412 e. The SMILES string of the molecule is Cc1cc(OC(C)C(N)=O)ccc1NC(=O)OC(C)(C)C. The lowest BCUT2D eigenvalue weighted by Crippen LogP contribution is -2.30. The quantitative estimate of drug-likeness (QED) is 0.893. The van der Waals surface area contributed by atoms with E-state index in [1.807, 2.05) is 6.92 Å². The average molecular weight is 294 g/mol. The predicted molar refractivity (Wildman–Crippen MR) is 80.3 cm³/mol. The topological polar surface area (TPSA) is 90.6 Å². The summed E-state index contributed by atoms with van der Waals surface area (Å²) in [4.78, 5) is 22.7. The van der Waals surface area contributed by atoms with Gasteiger partial charge in [0, 0.05) is 5.69 Å². The number of ether oxygens (including phenoxy) is 2. The Labute approximate surface area is 124 Å². The number of carbonyl (C=O) groups excluding carboxylic acids is 2. The number of rotatable bonds is 4. The van der Waals surface area contributed by atoms with Crippen molar-refractivity contribution in [3.8, 4) is 5.75 Å². The van der Waals surface area contributed by atoms with Gasteiger partial charge in [-0.15, -0.1) is 0 Å². The molecule has 0 spiro atoms. The minimum atomic E-state index is -0.714. The zero-order valence-electron chi connectivity index (χ0n) is 13.0. The molecule has 0 bridgehead atoms. The third kappa shape index (κ3) is 5.72. The number of carbonyl (C=O) groups is 2. The molecule has 0 fully saturated rings. The summed E-state index contributed by atoms with van der Waals surface area (Å²) in [6, 6.07) is 5.05. The highest BCUT2D eigenvalue weighted by molar-refractivity contribution is 5.86. The number of hydrogen-bond donors (Lipinski definition) is 2. The summed E-state index contributed by atoms with van der Waals surface area (Å²) >= 11 is 0. The van der Waals surface area contributed by atoms with Crippen molar-refractivity contribution in [2.24, 2.45) is 5.73 Å². The number of aryl methyl sites for hydroxylation is 1. The maximum Gasteiger partial charge on any atom is 0.412 e.